The van der Waals surface area contributed by atoms with E-state index in [9.17, 15) is 28.8 Å². The first-order valence-electron chi connectivity index (χ1n) is 14.4. The summed E-state index contributed by atoms with van der Waals surface area (Å²) < 4.78 is 34.2. The topological polar surface area (TPSA) is 132 Å². The fourth-order valence-electron chi connectivity index (χ4n) is 8.41. The van der Waals surface area contributed by atoms with Gasteiger partial charge >= 0.3 is 6.09 Å². The number of ether oxygens (including phenoxy) is 1. The summed E-state index contributed by atoms with van der Waals surface area (Å²) >= 11 is 0. The molecular weight excluding hydrogens is 548 g/mol. The number of hydrogen-bond acceptors (Lipinski definition) is 6. The Morgan fingerprint density at radius 1 is 1.21 bits per heavy atom. The molecule has 2 saturated carbocycles. The molecule has 10 nitrogen and oxygen atoms in total. The Balaban J connectivity index is 1.38. The third-order valence-electron chi connectivity index (χ3n) is 10.3. The molecular formula is C30H35F2N5O5. The number of methoxy groups -OCH3 is 1. The Morgan fingerprint density at radius 3 is 2.62 bits per heavy atom. The van der Waals surface area contributed by atoms with Crippen molar-refractivity contribution in [3.8, 4) is 6.07 Å². The molecule has 4 amide bonds. The monoisotopic (exact) mass is 583 g/mol. The molecule has 0 aromatic heterocycles. The zero-order valence-electron chi connectivity index (χ0n) is 24.0. The van der Waals surface area contributed by atoms with Gasteiger partial charge in [0.25, 0.3) is 0 Å². The Bertz CT molecular complexity index is 1410. The molecule has 2 bridgehead atoms. The van der Waals surface area contributed by atoms with Crippen LogP contribution < -0.4 is 10.6 Å². The molecule has 9 atom stereocenters. The molecule has 3 aliphatic heterocycles. The normalized spacial score (nSPS) is 35.1. The summed E-state index contributed by atoms with van der Waals surface area (Å²) in [6, 6.07) is 2.98. The first-order valence-corrected chi connectivity index (χ1v) is 14.4. The van der Waals surface area contributed by atoms with E-state index in [1.165, 1.54) is 35.1 Å². The second-order valence-electron chi connectivity index (χ2n) is 13.6. The number of alkyl carbamates (subject to hydrolysis) is 1. The van der Waals surface area contributed by atoms with Crippen LogP contribution in [-0.4, -0.2) is 78.1 Å². The number of alkyl halides is 1. The molecule has 2 saturated heterocycles. The van der Waals surface area contributed by atoms with Gasteiger partial charge in [-0.1, -0.05) is 20.8 Å². The number of benzene rings is 1. The highest BCUT2D eigenvalue weighted by atomic mass is 19.1. The quantitative estimate of drug-likeness (QED) is 0.563. The van der Waals surface area contributed by atoms with Crippen LogP contribution in [0.4, 0.5) is 19.3 Å². The minimum atomic E-state index is -1.32. The summed E-state index contributed by atoms with van der Waals surface area (Å²) in [6.45, 7) is 5.41. The number of rotatable bonds is 3. The standard InChI is InChI=1S/C30H35F2N5O5/c1-29(2,3)24(35-28(41)42-4)26(39)36-12-18-14-7-17(20(32)8-14)22(18)23(36)25(38)37-13-30(10-16(37)11-33)19-9-15(31)5-6-21(19)34-27(30)40/h5-6,9,14,16-18,20,22-24H,7-8,10,12-13H2,1-4H3,(H,34,40)(H,35,41)/t14-,16-,17+,18?,20+,22-,23-,24+,30-/m0/s1. The van der Waals surface area contributed by atoms with Crippen molar-refractivity contribution in [1.82, 2.24) is 15.1 Å². The van der Waals surface area contributed by atoms with E-state index in [1.807, 2.05) is 0 Å². The minimum Gasteiger partial charge on any atom is -0.453 e. The maximum atomic E-state index is 15.2. The van der Waals surface area contributed by atoms with E-state index >= 15 is 4.39 Å². The van der Waals surface area contributed by atoms with E-state index in [-0.39, 0.29) is 31.3 Å². The number of fused-ring (bicyclic) bond motifs is 7. The average Bonchev–Trinajstić information content (AvgIpc) is 3.73. The number of nitriles is 1. The lowest BCUT2D eigenvalue weighted by Gasteiger charge is -2.38. The maximum Gasteiger partial charge on any atom is 0.407 e. The van der Waals surface area contributed by atoms with Gasteiger partial charge in [0.05, 0.1) is 18.6 Å². The molecule has 42 heavy (non-hydrogen) atoms. The molecule has 4 fully saturated rings. The predicted octanol–water partition coefficient (Wildman–Crippen LogP) is 2.73. The van der Waals surface area contributed by atoms with Crippen LogP contribution in [0.2, 0.25) is 0 Å². The van der Waals surface area contributed by atoms with Crippen LogP contribution in [-0.2, 0) is 24.5 Å². The number of likely N-dealkylation sites (tertiary alicyclic amines) is 2. The number of nitrogens with zero attached hydrogens (tertiary/aromatic N) is 3. The molecule has 1 aromatic carbocycles. The van der Waals surface area contributed by atoms with Crippen molar-refractivity contribution in [2.45, 2.75) is 69.7 Å². The molecule has 3 heterocycles. The SMILES string of the molecule is COC(=O)N[C@H](C(=O)N1CC2[C@H]3C[C@@H]([C@@H]2[C@H]1C(=O)N1C[C@]2(C[C@H]1C#N)C(=O)Nc1ccc(F)cc12)[C@H](F)C3)C(C)(C)C. The van der Waals surface area contributed by atoms with Crippen LogP contribution in [0.15, 0.2) is 18.2 Å². The fourth-order valence-corrected chi connectivity index (χ4v) is 8.41. The number of nitrogens with one attached hydrogen (secondary N) is 2. The van der Waals surface area contributed by atoms with Crippen molar-refractivity contribution in [2.24, 2.45) is 29.1 Å². The highest BCUT2D eigenvalue weighted by Crippen LogP contribution is 2.59. The van der Waals surface area contributed by atoms with Crippen LogP contribution in [0.5, 0.6) is 0 Å². The largest absolute Gasteiger partial charge is 0.453 e. The average molecular weight is 584 g/mol. The summed E-state index contributed by atoms with van der Waals surface area (Å²) in [6.07, 6.45) is -0.905. The van der Waals surface area contributed by atoms with Crippen molar-refractivity contribution in [3.63, 3.8) is 0 Å². The Hall–Kier alpha value is -3.75. The lowest BCUT2D eigenvalue weighted by atomic mass is 9.77. The second-order valence-corrected chi connectivity index (χ2v) is 13.6. The Kier molecular flexibility index (Phi) is 6.51. The summed E-state index contributed by atoms with van der Waals surface area (Å²) in [4.78, 5) is 57.1. The molecule has 224 valence electrons. The summed E-state index contributed by atoms with van der Waals surface area (Å²) in [5, 5.41) is 15.5. The molecule has 2 N–H and O–H groups in total. The second kappa shape index (κ2) is 9.64. The van der Waals surface area contributed by atoms with Gasteiger partial charge in [0.1, 0.15) is 30.1 Å². The van der Waals surface area contributed by atoms with Crippen molar-refractivity contribution in [3.05, 3.63) is 29.6 Å². The van der Waals surface area contributed by atoms with Gasteiger partial charge in [0, 0.05) is 25.2 Å². The first-order chi connectivity index (χ1) is 19.8. The van der Waals surface area contributed by atoms with Crippen molar-refractivity contribution in [1.29, 1.82) is 5.26 Å². The third-order valence-corrected chi connectivity index (χ3v) is 10.3. The van der Waals surface area contributed by atoms with Gasteiger partial charge in [0.15, 0.2) is 0 Å². The van der Waals surface area contributed by atoms with E-state index in [0.29, 0.717) is 24.1 Å². The lowest BCUT2D eigenvalue weighted by molar-refractivity contribution is -0.148. The lowest BCUT2D eigenvalue weighted by Crippen LogP contribution is -2.59. The van der Waals surface area contributed by atoms with Crippen LogP contribution in [0.3, 0.4) is 0 Å². The van der Waals surface area contributed by atoms with Crippen molar-refractivity contribution in [2.75, 3.05) is 25.5 Å². The highest BCUT2D eigenvalue weighted by molar-refractivity contribution is 6.07. The van der Waals surface area contributed by atoms with E-state index in [0.717, 1.165) is 0 Å². The first kappa shape index (κ1) is 28.4. The maximum absolute atomic E-state index is 15.2. The van der Waals surface area contributed by atoms with E-state index < -0.39 is 76.6 Å². The number of carbonyl (C=O) groups excluding carboxylic acids is 4. The Morgan fingerprint density at radius 2 is 1.95 bits per heavy atom. The summed E-state index contributed by atoms with van der Waals surface area (Å²) in [5.74, 6) is -2.90. The van der Waals surface area contributed by atoms with Crippen LogP contribution >= 0.6 is 0 Å². The van der Waals surface area contributed by atoms with Gasteiger partial charge in [-0.15, -0.1) is 0 Å². The van der Waals surface area contributed by atoms with Crippen LogP contribution in [0.25, 0.3) is 0 Å². The molecule has 12 heteroatoms. The molecule has 6 rings (SSSR count). The van der Waals surface area contributed by atoms with Crippen LogP contribution in [0.1, 0.15) is 45.6 Å². The highest BCUT2D eigenvalue weighted by Gasteiger charge is 2.65. The summed E-state index contributed by atoms with van der Waals surface area (Å²) in [7, 11) is 1.19. The number of halogens is 2. The number of carbonyl (C=O) groups is 4. The number of hydrogen-bond donors (Lipinski definition) is 2. The zero-order valence-corrected chi connectivity index (χ0v) is 24.0. The Labute approximate surface area is 242 Å². The van der Waals surface area contributed by atoms with E-state index in [2.05, 4.69) is 16.7 Å². The zero-order chi connectivity index (χ0) is 30.3. The van der Waals surface area contributed by atoms with Crippen LogP contribution in [0, 0.1) is 46.2 Å². The predicted molar refractivity (Wildman–Crippen MR) is 145 cm³/mol. The van der Waals surface area contributed by atoms with Gasteiger partial charge in [-0.25, -0.2) is 13.6 Å². The van der Waals surface area contributed by atoms with E-state index in [1.54, 1.807) is 20.8 Å². The van der Waals surface area contributed by atoms with E-state index in [4.69, 9.17) is 4.74 Å². The van der Waals surface area contributed by atoms with Gasteiger partial charge in [0.2, 0.25) is 17.7 Å². The third kappa shape index (κ3) is 4.07. The summed E-state index contributed by atoms with van der Waals surface area (Å²) in [5.41, 5.74) is -1.25. The molecule has 1 spiro atoms. The smallest absolute Gasteiger partial charge is 0.407 e. The molecule has 2 aliphatic carbocycles. The molecule has 0 radical (unpaired) electrons. The number of amides is 4. The molecule has 5 aliphatic rings. The van der Waals surface area contributed by atoms with Gasteiger partial charge in [-0.05, 0) is 65.7 Å². The number of anilines is 1. The van der Waals surface area contributed by atoms with Gasteiger partial charge in [-0.2, -0.15) is 5.26 Å². The van der Waals surface area contributed by atoms with Gasteiger partial charge in [-0.3, -0.25) is 14.4 Å². The van der Waals surface area contributed by atoms with Crippen molar-refractivity contribution >= 4 is 29.5 Å². The minimum absolute atomic E-state index is 0.0249. The molecule has 1 unspecified atom stereocenters. The fraction of sp³-hybridized carbons (Fsp3) is 0.633. The molecule has 1 aromatic rings. The van der Waals surface area contributed by atoms with Gasteiger partial charge < -0.3 is 25.2 Å². The van der Waals surface area contributed by atoms with Crippen molar-refractivity contribution < 1.29 is 32.7 Å².